The number of aromatic nitrogens is 3. The topological polar surface area (TPSA) is 47.8 Å². The van der Waals surface area contributed by atoms with Gasteiger partial charge in [-0.15, -0.1) is 5.10 Å². The molecule has 2 rings (SSSR count). The summed E-state index contributed by atoms with van der Waals surface area (Å²) in [6.45, 7) is 4.34. The van der Waals surface area contributed by atoms with Crippen LogP contribution in [0.5, 0.6) is 0 Å². The molecule has 0 radical (unpaired) electrons. The van der Waals surface area contributed by atoms with E-state index in [-0.39, 0.29) is 23.0 Å². The zero-order valence-electron chi connectivity index (χ0n) is 11.6. The Morgan fingerprint density at radius 3 is 2.77 bits per heavy atom. The molecule has 0 fully saturated rings. The summed E-state index contributed by atoms with van der Waals surface area (Å²) in [7, 11) is -2.11. The van der Waals surface area contributed by atoms with Crippen molar-refractivity contribution in [1.29, 1.82) is 0 Å². The summed E-state index contributed by atoms with van der Waals surface area (Å²) >= 11 is 0. The number of hydrogen-bond acceptors (Lipinski definition) is 3. The minimum absolute atomic E-state index is 0.154. The first-order valence-corrected chi connectivity index (χ1v) is 7.62. The second-order valence-electron chi connectivity index (χ2n) is 4.58. The van der Waals surface area contributed by atoms with Crippen LogP contribution >= 0.6 is 0 Å². The van der Waals surface area contributed by atoms with Crippen LogP contribution in [0.2, 0.25) is 0 Å². The Morgan fingerprint density at radius 1 is 1.55 bits per heavy atom. The van der Waals surface area contributed by atoms with Gasteiger partial charge in [-0.3, -0.25) is 0 Å². The molecule has 1 aliphatic rings. The molecule has 0 amide bonds. The molecule has 0 spiro atoms. The van der Waals surface area contributed by atoms with Crippen LogP contribution < -0.4 is 0 Å². The summed E-state index contributed by atoms with van der Waals surface area (Å²) in [6, 6.07) is -2.18. The van der Waals surface area contributed by atoms with Crippen molar-refractivity contribution in [2.45, 2.75) is 30.7 Å². The van der Waals surface area contributed by atoms with Crippen molar-refractivity contribution in [2.75, 3.05) is 6.01 Å². The molecule has 2 heterocycles. The van der Waals surface area contributed by atoms with Crippen LogP contribution in [-0.2, 0) is 10.8 Å². The van der Waals surface area contributed by atoms with Gasteiger partial charge in [0.2, 0.25) is 5.16 Å². The molecule has 4 nitrogen and oxygen atoms in total. The molecule has 0 saturated heterocycles. The maximum absolute atomic E-state index is 14.0. The zero-order valence-corrected chi connectivity index (χ0v) is 12.4. The minimum atomic E-state index is -2.11. The van der Waals surface area contributed by atoms with E-state index in [2.05, 4.69) is 16.7 Å². The van der Waals surface area contributed by atoms with E-state index >= 15 is 0 Å². The third-order valence-electron chi connectivity index (χ3n) is 3.16. The van der Waals surface area contributed by atoms with Crippen LogP contribution in [0.15, 0.2) is 41.1 Å². The Balaban J connectivity index is 2.50. The van der Waals surface area contributed by atoms with Gasteiger partial charge in [0.25, 0.3) is 0 Å². The monoisotopic (exact) mass is 335 g/mol. The molecule has 0 aliphatic carbocycles. The smallest absolute Gasteiger partial charge is 0.241 e. The van der Waals surface area contributed by atoms with Gasteiger partial charge in [0.1, 0.15) is 16.6 Å². The van der Waals surface area contributed by atoms with Crippen LogP contribution in [0.4, 0.5) is 17.6 Å². The van der Waals surface area contributed by atoms with Gasteiger partial charge in [0, 0.05) is 12.0 Å². The highest BCUT2D eigenvalue weighted by Crippen LogP contribution is 2.42. The molecule has 0 N–H and O–H groups in total. The predicted octanol–water partition coefficient (Wildman–Crippen LogP) is 3.55. The molecule has 0 aromatic carbocycles. The molecule has 120 valence electrons. The van der Waals surface area contributed by atoms with Gasteiger partial charge in [-0.05, 0) is 6.92 Å². The van der Waals surface area contributed by atoms with Crippen molar-refractivity contribution in [2.24, 2.45) is 0 Å². The van der Waals surface area contributed by atoms with Crippen LogP contribution in [0, 0.1) is 0 Å². The number of nitrogens with zero attached hydrogens (tertiary/aromatic N) is 3. The quantitative estimate of drug-likeness (QED) is 0.611. The summed E-state index contributed by atoms with van der Waals surface area (Å²) < 4.78 is 66.0. The zero-order chi connectivity index (χ0) is 16.4. The molecule has 3 atom stereocenters. The standard InChI is InChI=1S/C13H13F4N3OS/c1-3-4-8(11(17)7(2)15)10-5-9(16)12-18-13(19-20(10)12)22(21)6-14/h3-4,9-10H,1,5-6H2,2H3/b8-4-,11-7-. The average Bonchev–Trinajstić information content (AvgIpc) is 3.04. The Hall–Kier alpha value is -1.77. The Labute approximate surface area is 126 Å². The van der Waals surface area contributed by atoms with E-state index in [1.165, 1.54) is 12.2 Å². The first kappa shape index (κ1) is 16.6. The van der Waals surface area contributed by atoms with Gasteiger partial charge in [-0.1, -0.05) is 18.7 Å². The summed E-state index contributed by atoms with van der Waals surface area (Å²) in [6.07, 6.45) is 0.654. The summed E-state index contributed by atoms with van der Waals surface area (Å²) in [5.74, 6) is -2.39. The van der Waals surface area contributed by atoms with Crippen molar-refractivity contribution >= 4 is 10.8 Å². The Morgan fingerprint density at radius 2 is 2.23 bits per heavy atom. The van der Waals surface area contributed by atoms with E-state index in [0.717, 1.165) is 11.6 Å². The second-order valence-corrected chi connectivity index (χ2v) is 5.85. The molecule has 9 heteroatoms. The predicted molar refractivity (Wildman–Crippen MR) is 73.1 cm³/mol. The van der Waals surface area contributed by atoms with Gasteiger partial charge < -0.3 is 0 Å². The fourth-order valence-corrected chi connectivity index (χ4v) is 2.69. The number of rotatable bonds is 5. The van der Waals surface area contributed by atoms with E-state index in [1.54, 1.807) is 0 Å². The van der Waals surface area contributed by atoms with Crippen molar-refractivity contribution in [1.82, 2.24) is 14.8 Å². The molecule has 3 unspecified atom stereocenters. The Kier molecular flexibility index (Phi) is 4.94. The van der Waals surface area contributed by atoms with E-state index in [0.29, 0.717) is 0 Å². The number of allylic oxidation sites excluding steroid dienone is 5. The van der Waals surface area contributed by atoms with Crippen molar-refractivity contribution in [3.8, 4) is 0 Å². The second kappa shape index (κ2) is 6.55. The van der Waals surface area contributed by atoms with E-state index in [9.17, 15) is 21.8 Å². The van der Waals surface area contributed by atoms with Crippen molar-refractivity contribution in [3.63, 3.8) is 0 Å². The normalized spacial score (nSPS) is 24.0. The largest absolute Gasteiger partial charge is 0.248 e. The lowest BCUT2D eigenvalue weighted by atomic mass is 10.0. The molecular weight excluding hydrogens is 322 g/mol. The first-order valence-electron chi connectivity index (χ1n) is 6.30. The maximum atomic E-state index is 14.0. The highest BCUT2D eigenvalue weighted by molar-refractivity contribution is 7.84. The van der Waals surface area contributed by atoms with Gasteiger partial charge in [0.05, 0.1) is 6.04 Å². The SMILES string of the molecule is C=C/C=C(\C(F)=C(/C)F)C1CC(F)c2nc(S(=O)CF)nn21. The van der Waals surface area contributed by atoms with E-state index < -0.39 is 40.7 Å². The highest BCUT2D eigenvalue weighted by Gasteiger charge is 2.38. The lowest BCUT2D eigenvalue weighted by molar-refractivity contribution is 0.324. The average molecular weight is 335 g/mol. The molecule has 22 heavy (non-hydrogen) atoms. The third-order valence-corrected chi connectivity index (χ3v) is 3.94. The highest BCUT2D eigenvalue weighted by atomic mass is 32.2. The molecule has 1 aromatic rings. The fourth-order valence-electron chi connectivity index (χ4n) is 2.22. The summed E-state index contributed by atoms with van der Waals surface area (Å²) in [5, 5.41) is 3.41. The lowest BCUT2D eigenvalue weighted by Gasteiger charge is -2.14. The number of halogens is 4. The van der Waals surface area contributed by atoms with Crippen LogP contribution in [0.25, 0.3) is 0 Å². The van der Waals surface area contributed by atoms with Crippen molar-refractivity contribution < 1.29 is 21.8 Å². The fraction of sp³-hybridized carbons (Fsp3) is 0.385. The van der Waals surface area contributed by atoms with Gasteiger partial charge in [-0.25, -0.2) is 31.4 Å². The lowest BCUT2D eigenvalue weighted by Crippen LogP contribution is -2.11. The van der Waals surface area contributed by atoms with Gasteiger partial charge >= 0.3 is 0 Å². The summed E-state index contributed by atoms with van der Waals surface area (Å²) in [5.41, 5.74) is -0.154. The molecule has 1 aliphatic heterocycles. The summed E-state index contributed by atoms with van der Waals surface area (Å²) in [4.78, 5) is 3.69. The van der Waals surface area contributed by atoms with Crippen LogP contribution in [-0.4, -0.2) is 25.0 Å². The first-order chi connectivity index (χ1) is 10.4. The van der Waals surface area contributed by atoms with Crippen LogP contribution in [0.1, 0.15) is 31.4 Å². The number of hydrogen-bond donors (Lipinski definition) is 0. The third kappa shape index (κ3) is 2.90. The van der Waals surface area contributed by atoms with Crippen molar-refractivity contribution in [3.05, 3.63) is 41.8 Å². The Bertz CT molecular complexity index is 679. The molecule has 0 bridgehead atoms. The van der Waals surface area contributed by atoms with E-state index in [1.807, 2.05) is 0 Å². The maximum Gasteiger partial charge on any atom is 0.241 e. The molecular formula is C13H13F4N3OS. The number of fused-ring (bicyclic) bond motifs is 1. The van der Waals surface area contributed by atoms with Gasteiger partial charge in [-0.2, -0.15) is 0 Å². The van der Waals surface area contributed by atoms with Gasteiger partial charge in [0.15, 0.2) is 23.8 Å². The van der Waals surface area contributed by atoms with E-state index in [4.69, 9.17) is 0 Å². The molecule has 1 aromatic heterocycles. The molecule has 0 saturated carbocycles. The minimum Gasteiger partial charge on any atom is -0.248 e. The number of alkyl halides is 2. The van der Waals surface area contributed by atoms with Crippen LogP contribution in [0.3, 0.4) is 0 Å².